The van der Waals surface area contributed by atoms with E-state index in [0.717, 1.165) is 26.1 Å². The van der Waals surface area contributed by atoms with Gasteiger partial charge in [-0.2, -0.15) is 4.68 Å². The van der Waals surface area contributed by atoms with Crippen LogP contribution in [-0.2, 0) is 0 Å². The molecule has 1 aromatic heterocycles. The first-order chi connectivity index (χ1) is 12.9. The van der Waals surface area contributed by atoms with Crippen molar-refractivity contribution in [1.29, 1.82) is 0 Å². The Balaban J connectivity index is 1.90. The van der Waals surface area contributed by atoms with Crippen LogP contribution in [0.5, 0.6) is 0 Å². The number of tetrazole rings is 1. The predicted molar refractivity (Wildman–Crippen MR) is 105 cm³/mol. The zero-order valence-corrected chi connectivity index (χ0v) is 15.7. The fourth-order valence-corrected chi connectivity index (χ4v) is 2.69. The normalized spacial score (nSPS) is 11.5. The predicted octanol–water partition coefficient (Wildman–Crippen LogP) is 3.27. The Bertz CT molecular complexity index is 1060. The third-order valence-corrected chi connectivity index (χ3v) is 4.54. The first-order valence-corrected chi connectivity index (χ1v) is 8.56. The summed E-state index contributed by atoms with van der Waals surface area (Å²) in [6, 6.07) is 14.2. The summed E-state index contributed by atoms with van der Waals surface area (Å²) in [5.41, 5.74) is 3.72. The molecule has 0 aliphatic carbocycles. The standard InChI is InChI=1S/C20H21N5O2/c1-5-14(2)16-10-12-17(13-11-16)23(4)19(26)25-20(27)24(21-22-25)18-9-7-6-8-15(18)3/h5-13H,1-4H3/b14-5-. The first kappa shape index (κ1) is 18.3. The van der Waals surface area contributed by atoms with Crippen LogP contribution in [0.15, 0.2) is 59.4 Å². The maximum absolute atomic E-state index is 12.7. The quantitative estimate of drug-likeness (QED) is 0.670. The fraction of sp³-hybridized carbons (Fsp3) is 0.200. The third kappa shape index (κ3) is 3.44. The van der Waals surface area contributed by atoms with E-state index < -0.39 is 11.7 Å². The lowest BCUT2D eigenvalue weighted by Gasteiger charge is -2.16. The number of hydrogen-bond acceptors (Lipinski definition) is 4. The number of carbonyl (C=O) groups excluding carboxylic acids is 1. The summed E-state index contributed by atoms with van der Waals surface area (Å²) in [5.74, 6) is 0. The minimum Gasteiger partial charge on any atom is -0.295 e. The van der Waals surface area contributed by atoms with E-state index in [1.807, 2.05) is 63.2 Å². The van der Waals surface area contributed by atoms with Crippen molar-refractivity contribution in [3.63, 3.8) is 0 Å². The number of amides is 1. The van der Waals surface area contributed by atoms with Gasteiger partial charge in [0.05, 0.1) is 5.69 Å². The molecule has 0 unspecified atom stereocenters. The Labute approximate surface area is 157 Å². The minimum absolute atomic E-state index is 0.574. The van der Waals surface area contributed by atoms with Crippen LogP contribution in [0.1, 0.15) is 25.0 Å². The van der Waals surface area contributed by atoms with E-state index in [0.29, 0.717) is 11.4 Å². The number of rotatable bonds is 3. The summed E-state index contributed by atoms with van der Waals surface area (Å²) in [6.45, 7) is 5.86. The third-order valence-electron chi connectivity index (χ3n) is 4.54. The molecule has 0 aliphatic heterocycles. The molecule has 0 radical (unpaired) electrons. The van der Waals surface area contributed by atoms with E-state index in [-0.39, 0.29) is 0 Å². The van der Waals surface area contributed by atoms with E-state index in [1.165, 1.54) is 4.90 Å². The largest absolute Gasteiger partial charge is 0.377 e. The number of anilines is 1. The number of hydrogen-bond donors (Lipinski definition) is 0. The average molecular weight is 363 g/mol. The van der Waals surface area contributed by atoms with Crippen molar-refractivity contribution in [3.05, 3.63) is 76.2 Å². The van der Waals surface area contributed by atoms with E-state index in [9.17, 15) is 9.59 Å². The van der Waals surface area contributed by atoms with Gasteiger partial charge in [0, 0.05) is 12.7 Å². The molecule has 0 aliphatic rings. The molecular formula is C20H21N5O2. The number of aromatic nitrogens is 4. The number of benzene rings is 2. The van der Waals surface area contributed by atoms with Gasteiger partial charge in [-0.15, -0.1) is 4.68 Å². The van der Waals surface area contributed by atoms with Crippen molar-refractivity contribution < 1.29 is 4.79 Å². The molecule has 0 bridgehead atoms. The maximum atomic E-state index is 12.7. The highest BCUT2D eigenvalue weighted by atomic mass is 16.2. The Morgan fingerprint density at radius 1 is 1.07 bits per heavy atom. The Kier molecular flexibility index (Phi) is 5.03. The van der Waals surface area contributed by atoms with Crippen LogP contribution in [0.25, 0.3) is 11.3 Å². The molecular weight excluding hydrogens is 342 g/mol. The van der Waals surface area contributed by atoms with Crippen LogP contribution in [0.4, 0.5) is 10.5 Å². The fourth-order valence-electron chi connectivity index (χ4n) is 2.69. The van der Waals surface area contributed by atoms with E-state index in [2.05, 4.69) is 10.4 Å². The van der Waals surface area contributed by atoms with Crippen molar-refractivity contribution in [2.24, 2.45) is 0 Å². The zero-order chi connectivity index (χ0) is 19.6. The lowest BCUT2D eigenvalue weighted by molar-refractivity contribution is 0.245. The molecule has 0 fully saturated rings. The van der Waals surface area contributed by atoms with Gasteiger partial charge in [-0.1, -0.05) is 36.4 Å². The van der Waals surface area contributed by atoms with Gasteiger partial charge < -0.3 is 0 Å². The van der Waals surface area contributed by atoms with Gasteiger partial charge in [0.15, 0.2) is 0 Å². The number of para-hydroxylation sites is 1. The summed E-state index contributed by atoms with van der Waals surface area (Å²) in [4.78, 5) is 26.7. The molecule has 3 aromatic rings. The second-order valence-electron chi connectivity index (χ2n) is 6.23. The second-order valence-corrected chi connectivity index (χ2v) is 6.23. The Morgan fingerprint density at radius 2 is 1.74 bits per heavy atom. The lowest BCUT2D eigenvalue weighted by atomic mass is 10.1. The van der Waals surface area contributed by atoms with Gasteiger partial charge in [-0.3, -0.25) is 4.90 Å². The maximum Gasteiger partial charge on any atom is 0.377 e. The summed E-state index contributed by atoms with van der Waals surface area (Å²) in [5, 5.41) is 7.61. The molecule has 138 valence electrons. The van der Waals surface area contributed by atoms with Crippen molar-refractivity contribution in [1.82, 2.24) is 19.8 Å². The van der Waals surface area contributed by atoms with Crippen LogP contribution >= 0.6 is 0 Å². The topological polar surface area (TPSA) is 73.0 Å². The molecule has 2 aromatic carbocycles. The smallest absolute Gasteiger partial charge is 0.295 e. The molecule has 27 heavy (non-hydrogen) atoms. The zero-order valence-electron chi connectivity index (χ0n) is 15.7. The molecule has 1 heterocycles. The summed E-state index contributed by atoms with van der Waals surface area (Å²) in [7, 11) is 1.60. The molecule has 7 heteroatoms. The van der Waals surface area contributed by atoms with E-state index in [1.54, 1.807) is 19.2 Å². The summed E-state index contributed by atoms with van der Waals surface area (Å²) < 4.78 is 1.89. The lowest BCUT2D eigenvalue weighted by Crippen LogP contribution is -2.39. The monoisotopic (exact) mass is 363 g/mol. The Morgan fingerprint density at radius 3 is 2.37 bits per heavy atom. The van der Waals surface area contributed by atoms with Crippen molar-refractivity contribution in [2.45, 2.75) is 20.8 Å². The Hall–Kier alpha value is -3.48. The molecule has 0 saturated heterocycles. The van der Waals surface area contributed by atoms with Gasteiger partial charge in [0.25, 0.3) is 0 Å². The SMILES string of the molecule is C/C=C(/C)c1ccc(N(C)C(=O)n2nnn(-c3ccccc3C)c2=O)cc1. The number of allylic oxidation sites excluding steroid dienone is 2. The molecule has 0 saturated carbocycles. The minimum atomic E-state index is -0.609. The van der Waals surface area contributed by atoms with Gasteiger partial charge >= 0.3 is 11.7 Å². The molecule has 3 rings (SSSR count). The number of carbonyl (C=O) groups is 1. The summed E-state index contributed by atoms with van der Waals surface area (Å²) in [6.07, 6.45) is 2.02. The van der Waals surface area contributed by atoms with Crippen LogP contribution < -0.4 is 10.6 Å². The van der Waals surface area contributed by atoms with Crippen LogP contribution in [0.3, 0.4) is 0 Å². The molecule has 0 atom stereocenters. The first-order valence-electron chi connectivity index (χ1n) is 8.56. The van der Waals surface area contributed by atoms with Crippen LogP contribution in [-0.4, -0.2) is 32.9 Å². The van der Waals surface area contributed by atoms with Gasteiger partial charge in [0.1, 0.15) is 0 Å². The highest BCUT2D eigenvalue weighted by Gasteiger charge is 2.20. The highest BCUT2D eigenvalue weighted by molar-refractivity contribution is 5.92. The molecule has 0 N–H and O–H groups in total. The number of aryl methyl sites for hydroxylation is 1. The van der Waals surface area contributed by atoms with Crippen molar-refractivity contribution in [3.8, 4) is 5.69 Å². The van der Waals surface area contributed by atoms with Gasteiger partial charge in [-0.05, 0) is 66.1 Å². The van der Waals surface area contributed by atoms with Gasteiger partial charge in [0.2, 0.25) is 0 Å². The molecule has 0 spiro atoms. The second kappa shape index (κ2) is 7.41. The van der Waals surface area contributed by atoms with Gasteiger partial charge in [-0.25, -0.2) is 9.59 Å². The highest BCUT2D eigenvalue weighted by Crippen LogP contribution is 2.19. The summed E-state index contributed by atoms with van der Waals surface area (Å²) >= 11 is 0. The van der Waals surface area contributed by atoms with E-state index in [4.69, 9.17) is 0 Å². The molecule has 7 nitrogen and oxygen atoms in total. The molecule has 1 amide bonds. The van der Waals surface area contributed by atoms with Crippen molar-refractivity contribution >= 4 is 17.3 Å². The van der Waals surface area contributed by atoms with Crippen LogP contribution in [0.2, 0.25) is 0 Å². The van der Waals surface area contributed by atoms with Crippen molar-refractivity contribution in [2.75, 3.05) is 11.9 Å². The number of nitrogens with zero attached hydrogens (tertiary/aromatic N) is 5. The average Bonchev–Trinajstić information content (AvgIpc) is 3.08. The van der Waals surface area contributed by atoms with Crippen LogP contribution in [0, 0.1) is 6.92 Å². The van der Waals surface area contributed by atoms with E-state index >= 15 is 0 Å².